The number of rotatable bonds is 5. The van der Waals surface area contributed by atoms with Gasteiger partial charge in [0.1, 0.15) is 12.4 Å². The van der Waals surface area contributed by atoms with E-state index in [0.29, 0.717) is 19.2 Å². The summed E-state index contributed by atoms with van der Waals surface area (Å²) in [6.07, 6.45) is 2.64. The minimum atomic E-state index is 0.364. The molecule has 0 spiro atoms. The quantitative estimate of drug-likeness (QED) is 0.920. The number of ether oxygens (including phenoxy) is 1. The predicted octanol–water partition coefficient (Wildman–Crippen LogP) is 3.24. The van der Waals surface area contributed by atoms with E-state index in [9.17, 15) is 0 Å². The maximum absolute atomic E-state index is 6.04. The molecule has 1 saturated carbocycles. The molecule has 0 aromatic heterocycles. The molecule has 2 aliphatic rings. The first kappa shape index (κ1) is 13.8. The Morgan fingerprint density at radius 1 is 1.09 bits per heavy atom. The van der Waals surface area contributed by atoms with Crippen molar-refractivity contribution < 1.29 is 4.74 Å². The summed E-state index contributed by atoms with van der Waals surface area (Å²) in [4.78, 5) is 2.56. The van der Waals surface area contributed by atoms with Gasteiger partial charge in [-0.2, -0.15) is 0 Å². The van der Waals surface area contributed by atoms with Gasteiger partial charge in [-0.15, -0.1) is 0 Å². The third-order valence-electron chi connectivity index (χ3n) is 4.72. The fourth-order valence-electron chi connectivity index (χ4n) is 3.40. The average molecular weight is 294 g/mol. The van der Waals surface area contributed by atoms with Crippen molar-refractivity contribution in [2.75, 3.05) is 6.54 Å². The van der Waals surface area contributed by atoms with Crippen LogP contribution in [-0.4, -0.2) is 17.5 Å². The summed E-state index contributed by atoms with van der Waals surface area (Å²) >= 11 is 0. The van der Waals surface area contributed by atoms with Crippen molar-refractivity contribution in [2.24, 2.45) is 5.73 Å². The summed E-state index contributed by atoms with van der Waals surface area (Å²) in [5.41, 5.74) is 10.0. The molecule has 1 fully saturated rings. The highest BCUT2D eigenvalue weighted by atomic mass is 16.5. The summed E-state index contributed by atoms with van der Waals surface area (Å²) in [5.74, 6) is 0.943. The first-order valence-electron chi connectivity index (χ1n) is 8.10. The molecular weight excluding hydrogens is 272 g/mol. The van der Waals surface area contributed by atoms with Gasteiger partial charge in [0.15, 0.2) is 0 Å². The Labute approximate surface area is 131 Å². The zero-order valence-electron chi connectivity index (χ0n) is 12.7. The zero-order chi connectivity index (χ0) is 14.9. The van der Waals surface area contributed by atoms with E-state index in [2.05, 4.69) is 35.2 Å². The molecule has 2 aromatic carbocycles. The lowest BCUT2D eigenvalue weighted by molar-refractivity contribution is 0.209. The summed E-state index contributed by atoms with van der Waals surface area (Å²) in [7, 11) is 0. The fraction of sp³-hybridized carbons (Fsp3) is 0.368. The fourth-order valence-corrected chi connectivity index (χ4v) is 3.40. The molecule has 22 heavy (non-hydrogen) atoms. The van der Waals surface area contributed by atoms with Crippen molar-refractivity contribution in [3.05, 3.63) is 65.2 Å². The van der Waals surface area contributed by atoms with Crippen molar-refractivity contribution in [3.8, 4) is 5.75 Å². The third kappa shape index (κ3) is 2.62. The highest BCUT2D eigenvalue weighted by molar-refractivity contribution is 5.41. The van der Waals surface area contributed by atoms with E-state index in [1.807, 2.05) is 18.2 Å². The van der Waals surface area contributed by atoms with Gasteiger partial charge in [0.25, 0.3) is 0 Å². The van der Waals surface area contributed by atoms with Gasteiger partial charge >= 0.3 is 0 Å². The van der Waals surface area contributed by atoms with Gasteiger partial charge in [-0.1, -0.05) is 36.4 Å². The summed E-state index contributed by atoms with van der Waals surface area (Å²) in [5, 5.41) is 0. The number of hydrogen-bond donors (Lipinski definition) is 1. The zero-order valence-corrected chi connectivity index (χ0v) is 12.7. The molecule has 114 valence electrons. The van der Waals surface area contributed by atoms with Gasteiger partial charge in [0, 0.05) is 25.2 Å². The van der Waals surface area contributed by atoms with Crippen molar-refractivity contribution in [1.82, 2.24) is 4.90 Å². The van der Waals surface area contributed by atoms with Gasteiger partial charge in [-0.3, -0.25) is 4.90 Å². The molecule has 0 amide bonds. The number of nitrogens with zero attached hydrogens (tertiary/aromatic N) is 1. The Kier molecular flexibility index (Phi) is 3.60. The normalized spacial score (nSPS) is 20.9. The topological polar surface area (TPSA) is 38.5 Å². The van der Waals surface area contributed by atoms with Crippen LogP contribution in [0.25, 0.3) is 0 Å². The van der Waals surface area contributed by atoms with Crippen LogP contribution in [0.15, 0.2) is 48.5 Å². The largest absolute Gasteiger partial charge is 0.489 e. The molecular formula is C19H22N2O. The van der Waals surface area contributed by atoms with E-state index in [1.165, 1.54) is 29.5 Å². The molecule has 1 aliphatic carbocycles. The Morgan fingerprint density at radius 3 is 2.64 bits per heavy atom. The molecule has 3 nitrogen and oxygen atoms in total. The first-order valence-corrected chi connectivity index (χ1v) is 8.10. The van der Waals surface area contributed by atoms with Gasteiger partial charge in [-0.05, 0) is 41.7 Å². The second-order valence-corrected chi connectivity index (χ2v) is 6.29. The van der Waals surface area contributed by atoms with Gasteiger partial charge < -0.3 is 10.5 Å². The second kappa shape index (κ2) is 5.75. The Hall–Kier alpha value is -1.84. The molecule has 2 N–H and O–H groups in total. The maximum atomic E-state index is 6.04. The van der Waals surface area contributed by atoms with Crippen LogP contribution in [-0.2, 0) is 13.2 Å². The summed E-state index contributed by atoms with van der Waals surface area (Å²) in [6.45, 7) is 2.34. The Balaban J connectivity index is 1.51. The third-order valence-corrected chi connectivity index (χ3v) is 4.72. The number of benzene rings is 2. The first-order chi connectivity index (χ1) is 10.8. The van der Waals surface area contributed by atoms with Gasteiger partial charge in [0.2, 0.25) is 0 Å². The monoisotopic (exact) mass is 294 g/mol. The van der Waals surface area contributed by atoms with Crippen molar-refractivity contribution in [3.63, 3.8) is 0 Å². The van der Waals surface area contributed by atoms with E-state index in [0.717, 1.165) is 18.3 Å². The van der Waals surface area contributed by atoms with Crippen molar-refractivity contribution >= 4 is 0 Å². The molecule has 1 heterocycles. The lowest BCUT2D eigenvalue weighted by atomic mass is 10.0. The molecule has 1 aliphatic heterocycles. The van der Waals surface area contributed by atoms with Crippen LogP contribution < -0.4 is 10.5 Å². The van der Waals surface area contributed by atoms with Crippen LogP contribution in [0.3, 0.4) is 0 Å². The Morgan fingerprint density at radius 2 is 1.91 bits per heavy atom. The summed E-state index contributed by atoms with van der Waals surface area (Å²) < 4.78 is 5.96. The van der Waals surface area contributed by atoms with Crippen LogP contribution in [0.5, 0.6) is 5.75 Å². The number of fused-ring (bicyclic) bond motifs is 1. The molecule has 0 bridgehead atoms. The van der Waals surface area contributed by atoms with E-state index in [1.54, 1.807) is 0 Å². The number of nitrogens with two attached hydrogens (primary N) is 1. The SMILES string of the molecule is NCC1c2cc(OCc3ccccc3)ccc2CN1C1CC1. The van der Waals surface area contributed by atoms with E-state index in [-0.39, 0.29) is 0 Å². The molecule has 3 heteroatoms. The predicted molar refractivity (Wildman–Crippen MR) is 87.6 cm³/mol. The van der Waals surface area contributed by atoms with Crippen LogP contribution in [0.4, 0.5) is 0 Å². The molecule has 0 radical (unpaired) electrons. The second-order valence-electron chi connectivity index (χ2n) is 6.29. The lowest BCUT2D eigenvalue weighted by Gasteiger charge is -2.23. The average Bonchev–Trinajstić information content (AvgIpc) is 3.34. The number of hydrogen-bond acceptors (Lipinski definition) is 3. The van der Waals surface area contributed by atoms with Crippen LogP contribution in [0, 0.1) is 0 Å². The van der Waals surface area contributed by atoms with Crippen LogP contribution in [0.2, 0.25) is 0 Å². The molecule has 0 saturated heterocycles. The van der Waals surface area contributed by atoms with Crippen LogP contribution in [0.1, 0.15) is 35.6 Å². The smallest absolute Gasteiger partial charge is 0.120 e. The van der Waals surface area contributed by atoms with E-state index >= 15 is 0 Å². The highest BCUT2D eigenvalue weighted by Crippen LogP contribution is 2.42. The van der Waals surface area contributed by atoms with Gasteiger partial charge in [0.05, 0.1) is 0 Å². The minimum Gasteiger partial charge on any atom is -0.489 e. The molecule has 4 rings (SSSR count). The van der Waals surface area contributed by atoms with E-state index in [4.69, 9.17) is 10.5 Å². The minimum absolute atomic E-state index is 0.364. The standard InChI is InChI=1S/C19H22N2O/c20-11-19-18-10-17(22-13-14-4-2-1-3-5-14)9-6-15(18)12-21(19)16-7-8-16/h1-6,9-10,16,19H,7-8,11-13,20H2. The van der Waals surface area contributed by atoms with Crippen LogP contribution >= 0.6 is 0 Å². The van der Waals surface area contributed by atoms with E-state index < -0.39 is 0 Å². The Bertz CT molecular complexity index is 652. The summed E-state index contributed by atoms with van der Waals surface area (Å²) in [6, 6.07) is 17.9. The molecule has 1 atom stereocenters. The maximum Gasteiger partial charge on any atom is 0.120 e. The molecule has 2 aromatic rings. The molecule has 1 unspecified atom stereocenters. The van der Waals surface area contributed by atoms with Crippen molar-refractivity contribution in [1.29, 1.82) is 0 Å². The lowest BCUT2D eigenvalue weighted by Crippen LogP contribution is -2.29. The highest BCUT2D eigenvalue weighted by Gasteiger charge is 2.39. The van der Waals surface area contributed by atoms with Crippen molar-refractivity contribution in [2.45, 2.75) is 38.1 Å². The van der Waals surface area contributed by atoms with Gasteiger partial charge in [-0.25, -0.2) is 0 Å².